The van der Waals surface area contributed by atoms with Gasteiger partial charge in [0.2, 0.25) is 10.0 Å². The van der Waals surface area contributed by atoms with Crippen LogP contribution in [0.25, 0.3) is 0 Å². The van der Waals surface area contributed by atoms with E-state index < -0.39 is 10.0 Å². The van der Waals surface area contributed by atoms with Gasteiger partial charge < -0.3 is 5.32 Å². The molecule has 0 saturated heterocycles. The van der Waals surface area contributed by atoms with Crippen LogP contribution in [0.15, 0.2) is 30.3 Å². The lowest BCUT2D eigenvalue weighted by atomic mass is 10.2. The van der Waals surface area contributed by atoms with Crippen LogP contribution in [0.4, 0.5) is 0 Å². The van der Waals surface area contributed by atoms with Gasteiger partial charge >= 0.3 is 0 Å². The molecule has 1 aromatic carbocycles. The Labute approximate surface area is 119 Å². The lowest BCUT2D eigenvalue weighted by molar-refractivity contribution is 0.0956. The standard InChI is InChI=1S/C13H17N3O3S/c1-16(10-5-8-14)20(18,19)11-9-15-13(17)12-6-3-2-4-7-12/h2-4,6-7H,5,9-11H2,1H3,(H,15,17). The number of nitrogens with zero attached hydrogens (tertiary/aromatic N) is 2. The predicted octanol–water partition coefficient (Wildman–Crippen LogP) is 0.592. The van der Waals surface area contributed by atoms with Crippen molar-refractivity contribution < 1.29 is 13.2 Å². The normalized spacial score (nSPS) is 11.1. The molecule has 1 amide bonds. The Balaban J connectivity index is 2.44. The fourth-order valence-electron chi connectivity index (χ4n) is 1.49. The average Bonchev–Trinajstić information content (AvgIpc) is 2.45. The Bertz CT molecular complexity index is 579. The summed E-state index contributed by atoms with van der Waals surface area (Å²) in [7, 11) is -2.02. The van der Waals surface area contributed by atoms with Gasteiger partial charge in [0.1, 0.15) is 0 Å². The minimum Gasteiger partial charge on any atom is -0.351 e. The van der Waals surface area contributed by atoms with Gasteiger partial charge in [0.05, 0.1) is 11.8 Å². The van der Waals surface area contributed by atoms with Gasteiger partial charge in [-0.25, -0.2) is 12.7 Å². The highest BCUT2D eigenvalue weighted by atomic mass is 32.2. The second-order valence-electron chi connectivity index (χ2n) is 4.17. The maximum Gasteiger partial charge on any atom is 0.251 e. The number of carbonyl (C=O) groups is 1. The molecule has 108 valence electrons. The van der Waals surface area contributed by atoms with Crippen molar-refractivity contribution in [3.63, 3.8) is 0 Å². The zero-order chi connectivity index (χ0) is 15.0. The Hall–Kier alpha value is -1.91. The van der Waals surface area contributed by atoms with Gasteiger partial charge in [-0.3, -0.25) is 4.79 Å². The summed E-state index contributed by atoms with van der Waals surface area (Å²) in [6.07, 6.45) is 0.145. The Morgan fingerprint density at radius 3 is 2.60 bits per heavy atom. The van der Waals surface area contributed by atoms with Crippen molar-refractivity contribution in [1.29, 1.82) is 5.26 Å². The third-order valence-electron chi connectivity index (χ3n) is 2.69. The summed E-state index contributed by atoms with van der Waals surface area (Å²) in [6, 6.07) is 10.5. The second kappa shape index (κ2) is 7.62. The van der Waals surface area contributed by atoms with Crippen LogP contribution in [0, 0.1) is 11.3 Å². The first kappa shape index (κ1) is 16.1. The Morgan fingerprint density at radius 2 is 2.00 bits per heavy atom. The van der Waals surface area contributed by atoms with Crippen LogP contribution in [0.5, 0.6) is 0 Å². The number of hydrogen-bond donors (Lipinski definition) is 1. The highest BCUT2D eigenvalue weighted by Crippen LogP contribution is 2.00. The van der Waals surface area contributed by atoms with Crippen molar-refractivity contribution in [1.82, 2.24) is 9.62 Å². The smallest absolute Gasteiger partial charge is 0.251 e. The van der Waals surface area contributed by atoms with E-state index in [0.29, 0.717) is 5.56 Å². The van der Waals surface area contributed by atoms with Crippen LogP contribution < -0.4 is 5.32 Å². The molecule has 0 unspecified atom stereocenters. The van der Waals surface area contributed by atoms with E-state index in [2.05, 4.69) is 5.32 Å². The SMILES string of the molecule is CN(CCC#N)S(=O)(=O)CCNC(=O)c1ccccc1. The summed E-state index contributed by atoms with van der Waals surface area (Å²) in [5.74, 6) is -0.492. The first-order valence-corrected chi connectivity index (χ1v) is 7.72. The molecule has 7 heteroatoms. The first-order chi connectivity index (χ1) is 9.47. The van der Waals surface area contributed by atoms with Crippen molar-refractivity contribution in [2.45, 2.75) is 6.42 Å². The molecular formula is C13H17N3O3S. The molecule has 0 radical (unpaired) electrons. The van der Waals surface area contributed by atoms with E-state index >= 15 is 0 Å². The molecule has 20 heavy (non-hydrogen) atoms. The van der Waals surface area contributed by atoms with E-state index in [0.717, 1.165) is 4.31 Å². The second-order valence-corrected chi connectivity index (χ2v) is 6.36. The number of nitrogens with one attached hydrogen (secondary N) is 1. The lowest BCUT2D eigenvalue weighted by Gasteiger charge is -2.15. The summed E-state index contributed by atoms with van der Waals surface area (Å²) in [6.45, 7) is 0.193. The minimum absolute atomic E-state index is 0.0347. The zero-order valence-electron chi connectivity index (χ0n) is 11.2. The minimum atomic E-state index is -3.44. The number of sulfonamides is 1. The maximum atomic E-state index is 11.8. The number of amides is 1. The van der Waals surface area contributed by atoms with E-state index in [1.807, 2.05) is 6.07 Å². The first-order valence-electron chi connectivity index (χ1n) is 6.11. The molecule has 0 atom stereocenters. The van der Waals surface area contributed by atoms with Crippen LogP contribution in [0.3, 0.4) is 0 Å². The summed E-state index contributed by atoms with van der Waals surface area (Å²) < 4.78 is 24.8. The summed E-state index contributed by atoms with van der Waals surface area (Å²) in [5.41, 5.74) is 0.489. The number of benzene rings is 1. The molecule has 0 aliphatic carbocycles. The van der Waals surface area contributed by atoms with Gasteiger partial charge in [0.15, 0.2) is 0 Å². The molecule has 0 aromatic heterocycles. The van der Waals surface area contributed by atoms with Gasteiger partial charge in [-0.2, -0.15) is 5.26 Å². The van der Waals surface area contributed by atoms with E-state index in [9.17, 15) is 13.2 Å². The van der Waals surface area contributed by atoms with Crippen molar-refractivity contribution in [2.24, 2.45) is 0 Å². The van der Waals surface area contributed by atoms with E-state index in [1.165, 1.54) is 7.05 Å². The van der Waals surface area contributed by atoms with Gasteiger partial charge in [0, 0.05) is 32.1 Å². The Morgan fingerprint density at radius 1 is 1.35 bits per heavy atom. The maximum absolute atomic E-state index is 11.8. The number of nitriles is 1. The van der Waals surface area contributed by atoms with Crippen LogP contribution >= 0.6 is 0 Å². The van der Waals surface area contributed by atoms with Gasteiger partial charge in [-0.05, 0) is 12.1 Å². The number of hydrogen-bond acceptors (Lipinski definition) is 4. The topological polar surface area (TPSA) is 90.3 Å². The van der Waals surface area contributed by atoms with Crippen molar-refractivity contribution in [3.8, 4) is 6.07 Å². The Kier molecular flexibility index (Phi) is 6.15. The van der Waals surface area contributed by atoms with Gasteiger partial charge in [-0.15, -0.1) is 0 Å². The quantitative estimate of drug-likeness (QED) is 0.797. The zero-order valence-corrected chi connectivity index (χ0v) is 12.1. The van der Waals surface area contributed by atoms with E-state index in [4.69, 9.17) is 5.26 Å². The van der Waals surface area contributed by atoms with Crippen molar-refractivity contribution in [2.75, 3.05) is 25.9 Å². The molecule has 6 nitrogen and oxygen atoms in total. The third-order valence-corrected chi connectivity index (χ3v) is 4.55. The predicted molar refractivity (Wildman–Crippen MR) is 75.4 cm³/mol. The monoisotopic (exact) mass is 295 g/mol. The molecule has 1 N–H and O–H groups in total. The molecular weight excluding hydrogens is 278 g/mol. The largest absolute Gasteiger partial charge is 0.351 e. The molecule has 1 aromatic rings. The van der Waals surface area contributed by atoms with Crippen LogP contribution in [-0.2, 0) is 10.0 Å². The molecule has 0 bridgehead atoms. The summed E-state index contributed by atoms with van der Waals surface area (Å²) in [4.78, 5) is 11.7. The van der Waals surface area contributed by atoms with Crippen LogP contribution in [0.2, 0.25) is 0 Å². The highest BCUT2D eigenvalue weighted by molar-refractivity contribution is 7.89. The lowest BCUT2D eigenvalue weighted by Crippen LogP contribution is -2.36. The average molecular weight is 295 g/mol. The number of carbonyl (C=O) groups excluding carboxylic acids is 1. The third kappa shape index (κ3) is 4.99. The van der Waals surface area contributed by atoms with Gasteiger partial charge in [-0.1, -0.05) is 18.2 Å². The van der Waals surface area contributed by atoms with Gasteiger partial charge in [0.25, 0.3) is 5.91 Å². The highest BCUT2D eigenvalue weighted by Gasteiger charge is 2.17. The van der Waals surface area contributed by atoms with Crippen LogP contribution in [-0.4, -0.2) is 44.5 Å². The molecule has 0 aliphatic heterocycles. The molecule has 0 aliphatic rings. The fraction of sp³-hybridized carbons (Fsp3) is 0.385. The number of rotatable bonds is 7. The summed E-state index contributed by atoms with van der Waals surface area (Å²) >= 11 is 0. The summed E-state index contributed by atoms with van der Waals surface area (Å²) in [5, 5.41) is 11.0. The van der Waals surface area contributed by atoms with Crippen molar-refractivity contribution in [3.05, 3.63) is 35.9 Å². The molecule has 0 heterocycles. The molecule has 0 fully saturated rings. The fourth-order valence-corrected chi connectivity index (χ4v) is 2.53. The molecule has 0 spiro atoms. The molecule has 0 saturated carbocycles. The van der Waals surface area contributed by atoms with E-state index in [-0.39, 0.29) is 31.2 Å². The van der Waals surface area contributed by atoms with Crippen LogP contribution in [0.1, 0.15) is 16.8 Å². The van der Waals surface area contributed by atoms with E-state index in [1.54, 1.807) is 30.3 Å². The molecule has 1 rings (SSSR count). The van der Waals surface area contributed by atoms with Crippen molar-refractivity contribution >= 4 is 15.9 Å².